The Morgan fingerprint density at radius 1 is 1.00 bits per heavy atom. The number of pyridine rings is 2. The summed E-state index contributed by atoms with van der Waals surface area (Å²) in [5.74, 6) is -0.127. The van der Waals surface area contributed by atoms with Gasteiger partial charge in [-0.05, 0) is 53.8 Å². The Kier molecular flexibility index (Phi) is 5.20. The molecule has 2 heterocycles. The molecule has 2 aromatic heterocycles. The van der Waals surface area contributed by atoms with Crippen molar-refractivity contribution in [2.75, 3.05) is 0 Å². The van der Waals surface area contributed by atoms with Crippen molar-refractivity contribution < 1.29 is 4.79 Å². The molecule has 2 aromatic carbocycles. The predicted molar refractivity (Wildman–Crippen MR) is 114 cm³/mol. The maximum atomic E-state index is 13.2. The molecule has 0 saturated heterocycles. The number of aromatic nitrogens is 2. The highest BCUT2D eigenvalue weighted by atomic mass is 16.2. The molecule has 0 spiro atoms. The van der Waals surface area contributed by atoms with E-state index < -0.39 is 0 Å². The molecular weight excluding hydrogens is 362 g/mol. The average molecular weight is 383 g/mol. The summed E-state index contributed by atoms with van der Waals surface area (Å²) >= 11 is 0. The van der Waals surface area contributed by atoms with E-state index >= 15 is 0 Å². The molecule has 0 fully saturated rings. The quantitative estimate of drug-likeness (QED) is 0.565. The molecule has 5 nitrogen and oxygen atoms in total. The largest absolute Gasteiger partial charge is 0.330 e. The number of nitrogens with zero attached hydrogens (tertiary/aromatic N) is 2. The third-order valence-electron chi connectivity index (χ3n) is 4.84. The minimum Gasteiger partial charge on any atom is -0.330 e. The van der Waals surface area contributed by atoms with E-state index in [0.717, 1.165) is 22.0 Å². The third kappa shape index (κ3) is 4.24. The van der Waals surface area contributed by atoms with Gasteiger partial charge in [-0.15, -0.1) is 0 Å². The first-order valence-electron chi connectivity index (χ1n) is 9.46. The van der Waals surface area contributed by atoms with Gasteiger partial charge in [0.1, 0.15) is 0 Å². The summed E-state index contributed by atoms with van der Waals surface area (Å²) in [6.45, 7) is 2.56. The van der Waals surface area contributed by atoms with Gasteiger partial charge in [-0.25, -0.2) is 0 Å². The fourth-order valence-electron chi connectivity index (χ4n) is 3.36. The molecule has 5 heteroatoms. The Hall–Kier alpha value is -3.73. The molecule has 0 aliphatic carbocycles. The zero-order valence-electron chi connectivity index (χ0n) is 16.1. The van der Waals surface area contributed by atoms with Crippen molar-refractivity contribution in [2.45, 2.75) is 20.0 Å². The molecule has 0 unspecified atom stereocenters. The molecule has 0 atom stereocenters. The molecule has 0 bridgehead atoms. The van der Waals surface area contributed by atoms with Crippen LogP contribution >= 0.6 is 0 Å². The normalized spacial score (nSPS) is 10.8. The number of rotatable bonds is 5. The van der Waals surface area contributed by atoms with Crippen LogP contribution in [-0.2, 0) is 13.1 Å². The van der Waals surface area contributed by atoms with E-state index in [2.05, 4.69) is 9.97 Å². The lowest BCUT2D eigenvalue weighted by Crippen LogP contribution is -2.32. The fraction of sp³-hybridized carbons (Fsp3) is 0.125. The molecule has 144 valence electrons. The van der Waals surface area contributed by atoms with Crippen LogP contribution in [0.2, 0.25) is 0 Å². The van der Waals surface area contributed by atoms with Crippen LogP contribution in [0.3, 0.4) is 0 Å². The second-order valence-electron chi connectivity index (χ2n) is 7.10. The van der Waals surface area contributed by atoms with Crippen LogP contribution < -0.4 is 5.56 Å². The number of fused-ring (bicyclic) bond motifs is 1. The Balaban J connectivity index is 1.70. The lowest BCUT2D eigenvalue weighted by Gasteiger charge is -2.23. The monoisotopic (exact) mass is 383 g/mol. The van der Waals surface area contributed by atoms with Crippen LogP contribution in [0.1, 0.15) is 27.0 Å². The van der Waals surface area contributed by atoms with Gasteiger partial charge < -0.3 is 9.88 Å². The molecule has 1 amide bonds. The van der Waals surface area contributed by atoms with Gasteiger partial charge in [0.25, 0.3) is 11.5 Å². The van der Waals surface area contributed by atoms with Crippen molar-refractivity contribution in [3.05, 3.63) is 112 Å². The Bertz CT molecular complexity index is 1200. The van der Waals surface area contributed by atoms with E-state index in [1.54, 1.807) is 29.4 Å². The predicted octanol–water partition coefficient (Wildman–Crippen LogP) is 4.07. The van der Waals surface area contributed by atoms with Crippen LogP contribution in [-0.4, -0.2) is 20.8 Å². The van der Waals surface area contributed by atoms with Crippen molar-refractivity contribution >= 4 is 16.8 Å². The zero-order valence-corrected chi connectivity index (χ0v) is 16.1. The van der Waals surface area contributed by atoms with Crippen LogP contribution in [0.25, 0.3) is 10.9 Å². The first-order chi connectivity index (χ1) is 14.1. The number of amides is 1. The number of aromatic amines is 1. The second kappa shape index (κ2) is 8.10. The van der Waals surface area contributed by atoms with Gasteiger partial charge in [-0.3, -0.25) is 14.6 Å². The number of hydrogen-bond acceptors (Lipinski definition) is 3. The Labute approximate surface area is 168 Å². The first-order valence-corrected chi connectivity index (χ1v) is 9.46. The van der Waals surface area contributed by atoms with Crippen molar-refractivity contribution in [1.29, 1.82) is 0 Å². The van der Waals surface area contributed by atoms with Gasteiger partial charge in [-0.2, -0.15) is 0 Å². The van der Waals surface area contributed by atoms with Crippen LogP contribution in [0.4, 0.5) is 0 Å². The standard InChI is InChI=1S/C24H21N3O2/c1-17-9-10-20-13-21(23(28)26-22(20)12-17)16-27(15-18-6-5-11-25-14-18)24(29)19-7-3-2-4-8-19/h2-14H,15-16H2,1H3,(H,26,28). The highest BCUT2D eigenvalue weighted by molar-refractivity contribution is 5.94. The van der Waals surface area contributed by atoms with E-state index in [1.807, 2.05) is 61.5 Å². The highest BCUT2D eigenvalue weighted by Crippen LogP contribution is 2.16. The summed E-state index contributed by atoms with van der Waals surface area (Å²) in [5.41, 5.74) is 3.74. The van der Waals surface area contributed by atoms with Gasteiger partial charge in [0.15, 0.2) is 0 Å². The highest BCUT2D eigenvalue weighted by Gasteiger charge is 2.18. The van der Waals surface area contributed by atoms with Crippen molar-refractivity contribution in [1.82, 2.24) is 14.9 Å². The smallest absolute Gasteiger partial charge is 0.254 e. The number of hydrogen-bond donors (Lipinski definition) is 1. The summed E-state index contributed by atoms with van der Waals surface area (Å²) in [6.07, 6.45) is 3.43. The summed E-state index contributed by atoms with van der Waals surface area (Å²) < 4.78 is 0. The van der Waals surface area contributed by atoms with E-state index in [9.17, 15) is 9.59 Å². The molecule has 4 aromatic rings. The van der Waals surface area contributed by atoms with E-state index in [1.165, 1.54) is 0 Å². The van der Waals surface area contributed by atoms with Gasteiger partial charge in [0.05, 0.1) is 6.54 Å². The fourth-order valence-corrected chi connectivity index (χ4v) is 3.36. The number of carbonyl (C=O) groups is 1. The van der Waals surface area contributed by atoms with Crippen LogP contribution in [0.5, 0.6) is 0 Å². The molecule has 29 heavy (non-hydrogen) atoms. The topological polar surface area (TPSA) is 66.1 Å². The maximum absolute atomic E-state index is 13.2. The number of carbonyl (C=O) groups excluding carboxylic acids is 1. The second-order valence-corrected chi connectivity index (χ2v) is 7.10. The molecular formula is C24H21N3O2. The van der Waals surface area contributed by atoms with Gasteiger partial charge in [0.2, 0.25) is 0 Å². The molecule has 4 rings (SSSR count). The Morgan fingerprint density at radius 2 is 1.83 bits per heavy atom. The Morgan fingerprint density at radius 3 is 2.59 bits per heavy atom. The number of H-pyrrole nitrogens is 1. The lowest BCUT2D eigenvalue weighted by atomic mass is 10.1. The van der Waals surface area contributed by atoms with Crippen molar-refractivity contribution in [3.63, 3.8) is 0 Å². The minimum atomic E-state index is -0.180. The van der Waals surface area contributed by atoms with Crippen molar-refractivity contribution in [3.8, 4) is 0 Å². The zero-order chi connectivity index (χ0) is 20.2. The molecule has 0 saturated carbocycles. The number of nitrogens with one attached hydrogen (secondary N) is 1. The van der Waals surface area contributed by atoms with Crippen LogP contribution in [0, 0.1) is 6.92 Å². The molecule has 1 N–H and O–H groups in total. The number of aryl methyl sites for hydroxylation is 1. The van der Waals surface area contributed by atoms with E-state index in [0.29, 0.717) is 17.7 Å². The summed E-state index contributed by atoms with van der Waals surface area (Å²) in [5, 5.41) is 0.943. The summed E-state index contributed by atoms with van der Waals surface area (Å²) in [4.78, 5) is 34.6. The minimum absolute atomic E-state index is 0.127. The SMILES string of the molecule is Cc1ccc2cc(CN(Cc3cccnc3)C(=O)c3ccccc3)c(=O)[nH]c2c1. The number of benzene rings is 2. The molecule has 0 aliphatic heterocycles. The van der Waals surface area contributed by atoms with Crippen LogP contribution in [0.15, 0.2) is 83.9 Å². The third-order valence-corrected chi connectivity index (χ3v) is 4.84. The molecule has 0 radical (unpaired) electrons. The van der Waals surface area contributed by atoms with Gasteiger partial charge in [-0.1, -0.05) is 36.4 Å². The van der Waals surface area contributed by atoms with E-state index in [4.69, 9.17) is 0 Å². The summed E-state index contributed by atoms with van der Waals surface area (Å²) in [6, 6.07) is 20.7. The molecule has 0 aliphatic rings. The maximum Gasteiger partial charge on any atom is 0.254 e. The van der Waals surface area contributed by atoms with E-state index in [-0.39, 0.29) is 18.0 Å². The summed E-state index contributed by atoms with van der Waals surface area (Å²) in [7, 11) is 0. The van der Waals surface area contributed by atoms with Gasteiger partial charge >= 0.3 is 0 Å². The average Bonchev–Trinajstić information content (AvgIpc) is 2.74. The van der Waals surface area contributed by atoms with Gasteiger partial charge in [0, 0.05) is 35.6 Å². The lowest BCUT2D eigenvalue weighted by molar-refractivity contribution is 0.0729. The first kappa shape index (κ1) is 18.6. The van der Waals surface area contributed by atoms with Crippen molar-refractivity contribution in [2.24, 2.45) is 0 Å².